The van der Waals surface area contributed by atoms with Crippen molar-refractivity contribution in [3.63, 3.8) is 0 Å². The van der Waals surface area contributed by atoms with Crippen LogP contribution in [0.2, 0.25) is 0 Å². The summed E-state index contributed by atoms with van der Waals surface area (Å²) >= 11 is 3.20. The molecule has 0 heterocycles. The number of phenolic OH excluding ortho intramolecular Hbond substituents is 1. The molecular formula is C13H18BrClFNO. The average Bonchev–Trinajstić information content (AvgIpc) is 2.35. The molecule has 1 saturated carbocycles. The molecule has 2 nitrogen and oxygen atoms in total. The molecule has 0 spiro atoms. The normalized spacial score (nSPS) is 18.2. The zero-order chi connectivity index (χ0) is 12.4. The summed E-state index contributed by atoms with van der Waals surface area (Å²) in [5, 5.41) is 9.91. The van der Waals surface area contributed by atoms with Crippen molar-refractivity contribution in [1.82, 2.24) is 0 Å². The predicted molar refractivity (Wildman–Crippen MR) is 76.5 cm³/mol. The molecule has 0 radical (unpaired) electrons. The number of phenols is 1. The van der Waals surface area contributed by atoms with Crippen LogP contribution in [0.3, 0.4) is 0 Å². The molecule has 0 saturated heterocycles. The average molecular weight is 339 g/mol. The quantitative estimate of drug-likeness (QED) is 0.844. The van der Waals surface area contributed by atoms with Crippen LogP contribution in [0.25, 0.3) is 0 Å². The van der Waals surface area contributed by atoms with E-state index in [-0.39, 0.29) is 29.6 Å². The highest BCUT2D eigenvalue weighted by molar-refractivity contribution is 9.10. The first-order chi connectivity index (χ1) is 8.11. The SMILES string of the molecule is Cl.N[C@H](c1c(F)ccc(Br)c1O)C1CCCCC1. The topological polar surface area (TPSA) is 46.2 Å². The van der Waals surface area contributed by atoms with Crippen molar-refractivity contribution >= 4 is 28.3 Å². The van der Waals surface area contributed by atoms with E-state index in [0.717, 1.165) is 25.7 Å². The highest BCUT2D eigenvalue weighted by Gasteiger charge is 2.27. The Hall–Kier alpha value is -0.320. The number of nitrogens with two attached hydrogens (primary N) is 1. The molecule has 18 heavy (non-hydrogen) atoms. The van der Waals surface area contributed by atoms with Crippen LogP contribution in [0.4, 0.5) is 4.39 Å². The minimum Gasteiger partial charge on any atom is -0.506 e. The van der Waals surface area contributed by atoms with Gasteiger partial charge in [0.2, 0.25) is 0 Å². The largest absolute Gasteiger partial charge is 0.506 e. The van der Waals surface area contributed by atoms with Crippen molar-refractivity contribution in [2.45, 2.75) is 38.1 Å². The third-order valence-corrected chi connectivity index (χ3v) is 4.25. The summed E-state index contributed by atoms with van der Waals surface area (Å²) in [6.45, 7) is 0. The summed E-state index contributed by atoms with van der Waals surface area (Å²) in [4.78, 5) is 0. The van der Waals surface area contributed by atoms with Crippen molar-refractivity contribution in [2.24, 2.45) is 11.7 Å². The van der Waals surface area contributed by atoms with E-state index in [1.54, 1.807) is 0 Å². The Labute approximate surface area is 121 Å². The molecule has 2 rings (SSSR count). The van der Waals surface area contributed by atoms with Gasteiger partial charge in [-0.15, -0.1) is 12.4 Å². The lowest BCUT2D eigenvalue weighted by atomic mass is 9.81. The van der Waals surface area contributed by atoms with E-state index in [4.69, 9.17) is 5.73 Å². The Bertz CT molecular complexity index is 410. The Kier molecular flexibility index (Phi) is 5.89. The molecule has 1 atom stereocenters. The number of aromatic hydroxyl groups is 1. The van der Waals surface area contributed by atoms with E-state index in [9.17, 15) is 9.50 Å². The molecule has 1 aromatic carbocycles. The lowest BCUT2D eigenvalue weighted by Crippen LogP contribution is -2.24. The van der Waals surface area contributed by atoms with Crippen LogP contribution in [0, 0.1) is 11.7 Å². The second-order valence-corrected chi connectivity index (χ2v) is 5.57. The van der Waals surface area contributed by atoms with Crippen LogP contribution in [0.5, 0.6) is 5.75 Å². The third kappa shape index (κ3) is 3.16. The van der Waals surface area contributed by atoms with Crippen LogP contribution in [0.15, 0.2) is 16.6 Å². The summed E-state index contributed by atoms with van der Waals surface area (Å²) in [7, 11) is 0. The van der Waals surface area contributed by atoms with Crippen LogP contribution >= 0.6 is 28.3 Å². The molecular weight excluding hydrogens is 321 g/mol. The smallest absolute Gasteiger partial charge is 0.137 e. The van der Waals surface area contributed by atoms with Gasteiger partial charge >= 0.3 is 0 Å². The molecule has 1 aliphatic rings. The van der Waals surface area contributed by atoms with Gasteiger partial charge in [0.15, 0.2) is 0 Å². The molecule has 1 aliphatic carbocycles. The van der Waals surface area contributed by atoms with Gasteiger partial charge in [0.25, 0.3) is 0 Å². The number of benzene rings is 1. The summed E-state index contributed by atoms with van der Waals surface area (Å²) in [5.74, 6) is -0.190. The van der Waals surface area contributed by atoms with E-state index in [1.807, 2.05) is 0 Å². The Morgan fingerprint density at radius 1 is 1.28 bits per heavy atom. The van der Waals surface area contributed by atoms with Gasteiger partial charge in [0, 0.05) is 11.6 Å². The lowest BCUT2D eigenvalue weighted by Gasteiger charge is -2.28. The van der Waals surface area contributed by atoms with E-state index in [1.165, 1.54) is 18.6 Å². The molecule has 0 aromatic heterocycles. The van der Waals surface area contributed by atoms with Crippen LogP contribution in [0.1, 0.15) is 43.7 Å². The fourth-order valence-electron chi connectivity index (χ4n) is 2.60. The van der Waals surface area contributed by atoms with Crippen LogP contribution < -0.4 is 5.73 Å². The van der Waals surface area contributed by atoms with Gasteiger partial charge in [-0.25, -0.2) is 4.39 Å². The molecule has 0 bridgehead atoms. The van der Waals surface area contributed by atoms with Crippen molar-refractivity contribution in [1.29, 1.82) is 0 Å². The third-order valence-electron chi connectivity index (χ3n) is 3.61. The number of hydrogen-bond donors (Lipinski definition) is 2. The van der Waals surface area contributed by atoms with Gasteiger partial charge in [-0.1, -0.05) is 19.3 Å². The van der Waals surface area contributed by atoms with E-state index < -0.39 is 11.9 Å². The lowest BCUT2D eigenvalue weighted by molar-refractivity contribution is 0.297. The van der Waals surface area contributed by atoms with Gasteiger partial charge in [0.05, 0.1) is 4.47 Å². The zero-order valence-corrected chi connectivity index (χ0v) is 12.4. The van der Waals surface area contributed by atoms with Crippen molar-refractivity contribution in [3.05, 3.63) is 28.0 Å². The molecule has 5 heteroatoms. The summed E-state index contributed by atoms with van der Waals surface area (Å²) in [6, 6.07) is 2.44. The minimum absolute atomic E-state index is 0. The number of hydrogen-bond acceptors (Lipinski definition) is 2. The van der Waals surface area contributed by atoms with Gasteiger partial charge in [-0.05, 0) is 46.8 Å². The number of halogens is 3. The van der Waals surface area contributed by atoms with Gasteiger partial charge in [-0.3, -0.25) is 0 Å². The zero-order valence-electron chi connectivity index (χ0n) is 10.0. The maximum Gasteiger partial charge on any atom is 0.137 e. The summed E-state index contributed by atoms with van der Waals surface area (Å²) in [5.41, 5.74) is 6.38. The Morgan fingerprint density at radius 3 is 2.50 bits per heavy atom. The summed E-state index contributed by atoms with van der Waals surface area (Å²) < 4.78 is 14.3. The Balaban J connectivity index is 0.00000162. The van der Waals surface area contributed by atoms with Gasteiger partial charge in [0.1, 0.15) is 11.6 Å². The molecule has 0 amide bonds. The maximum absolute atomic E-state index is 13.8. The maximum atomic E-state index is 13.8. The minimum atomic E-state index is -0.413. The molecule has 102 valence electrons. The molecule has 3 N–H and O–H groups in total. The van der Waals surface area contributed by atoms with E-state index in [2.05, 4.69) is 15.9 Å². The molecule has 0 aliphatic heterocycles. The van der Waals surface area contributed by atoms with Gasteiger partial charge in [-0.2, -0.15) is 0 Å². The second kappa shape index (κ2) is 6.73. The van der Waals surface area contributed by atoms with Crippen molar-refractivity contribution < 1.29 is 9.50 Å². The fraction of sp³-hybridized carbons (Fsp3) is 0.538. The standard InChI is InChI=1S/C13H17BrFNO.ClH/c14-9-6-7-10(15)11(13(9)17)12(16)8-4-2-1-3-5-8;/h6-8,12,17H,1-5,16H2;1H/t12-;/m0./s1. The highest BCUT2D eigenvalue weighted by atomic mass is 79.9. The van der Waals surface area contributed by atoms with Crippen molar-refractivity contribution in [3.8, 4) is 5.75 Å². The fourth-order valence-corrected chi connectivity index (χ4v) is 2.95. The predicted octanol–water partition coefficient (Wildman–Crippen LogP) is 4.30. The first-order valence-corrected chi connectivity index (χ1v) is 6.83. The molecule has 1 aromatic rings. The first kappa shape index (κ1) is 15.7. The van der Waals surface area contributed by atoms with E-state index in [0.29, 0.717) is 4.47 Å². The number of rotatable bonds is 2. The molecule has 1 fully saturated rings. The first-order valence-electron chi connectivity index (χ1n) is 6.03. The van der Waals surface area contributed by atoms with Gasteiger partial charge < -0.3 is 10.8 Å². The highest BCUT2D eigenvalue weighted by Crippen LogP contribution is 2.40. The summed E-state index contributed by atoms with van der Waals surface area (Å²) in [6.07, 6.45) is 5.57. The van der Waals surface area contributed by atoms with Crippen molar-refractivity contribution in [2.75, 3.05) is 0 Å². The van der Waals surface area contributed by atoms with Crippen LogP contribution in [-0.2, 0) is 0 Å². The van der Waals surface area contributed by atoms with Crippen LogP contribution in [-0.4, -0.2) is 5.11 Å². The van der Waals surface area contributed by atoms with E-state index >= 15 is 0 Å². The monoisotopic (exact) mass is 337 g/mol. The molecule has 0 unspecified atom stereocenters. The second-order valence-electron chi connectivity index (χ2n) is 4.72. The Morgan fingerprint density at radius 2 is 1.89 bits per heavy atom.